The van der Waals surface area contributed by atoms with Gasteiger partial charge in [-0.3, -0.25) is 0 Å². The molecule has 4 unspecified atom stereocenters. The van der Waals surface area contributed by atoms with E-state index in [1.165, 1.54) is 51.4 Å². The topological polar surface area (TPSA) is 21.3 Å². The van der Waals surface area contributed by atoms with Crippen molar-refractivity contribution in [1.29, 1.82) is 0 Å². The van der Waals surface area contributed by atoms with Gasteiger partial charge in [-0.15, -0.1) is 0 Å². The van der Waals surface area contributed by atoms with Crippen LogP contribution in [0, 0.1) is 11.3 Å². The molecule has 2 nitrogen and oxygen atoms in total. The Kier molecular flexibility index (Phi) is 3.68. The fraction of sp³-hybridized carbons (Fsp3) is 1.00. The van der Waals surface area contributed by atoms with E-state index >= 15 is 0 Å². The van der Waals surface area contributed by atoms with Crippen molar-refractivity contribution in [3.8, 4) is 0 Å². The van der Waals surface area contributed by atoms with Crippen molar-refractivity contribution in [3.05, 3.63) is 0 Å². The van der Waals surface area contributed by atoms with Gasteiger partial charge in [0.1, 0.15) is 0 Å². The average molecular weight is 251 g/mol. The zero-order valence-corrected chi connectivity index (χ0v) is 12.1. The van der Waals surface area contributed by atoms with Crippen molar-refractivity contribution in [2.75, 3.05) is 6.61 Å². The molecular weight excluding hydrogens is 222 g/mol. The highest BCUT2D eigenvalue weighted by Crippen LogP contribution is 2.55. The maximum atomic E-state index is 5.99. The molecule has 104 valence electrons. The third-order valence-electron chi connectivity index (χ3n) is 5.82. The fourth-order valence-corrected chi connectivity index (χ4v) is 4.76. The number of hydrogen-bond acceptors (Lipinski definition) is 2. The monoisotopic (exact) mass is 251 g/mol. The normalized spacial score (nSPS) is 42.3. The van der Waals surface area contributed by atoms with Crippen molar-refractivity contribution >= 4 is 0 Å². The summed E-state index contributed by atoms with van der Waals surface area (Å²) in [5.74, 6) is 0.935. The summed E-state index contributed by atoms with van der Waals surface area (Å²) in [7, 11) is 0. The predicted molar refractivity (Wildman–Crippen MR) is 74.7 cm³/mol. The summed E-state index contributed by atoms with van der Waals surface area (Å²) in [6.45, 7) is 5.43. The van der Waals surface area contributed by atoms with Gasteiger partial charge in [-0.05, 0) is 51.4 Å². The molecule has 1 N–H and O–H groups in total. The molecule has 3 aliphatic rings. The van der Waals surface area contributed by atoms with Gasteiger partial charge in [-0.1, -0.05) is 19.8 Å². The van der Waals surface area contributed by atoms with Gasteiger partial charge in [0.2, 0.25) is 0 Å². The first kappa shape index (κ1) is 12.9. The molecule has 3 saturated carbocycles. The lowest BCUT2D eigenvalue weighted by Gasteiger charge is -2.55. The van der Waals surface area contributed by atoms with Gasteiger partial charge in [0.05, 0.1) is 6.10 Å². The van der Waals surface area contributed by atoms with Crippen LogP contribution in [0.3, 0.4) is 0 Å². The second-order valence-electron chi connectivity index (χ2n) is 6.95. The van der Waals surface area contributed by atoms with Gasteiger partial charge < -0.3 is 10.1 Å². The molecule has 0 aromatic heterocycles. The summed E-state index contributed by atoms with van der Waals surface area (Å²) in [5, 5.41) is 3.99. The second kappa shape index (κ2) is 5.13. The molecule has 0 radical (unpaired) electrons. The molecule has 0 heterocycles. The Morgan fingerprint density at radius 2 is 1.94 bits per heavy atom. The van der Waals surface area contributed by atoms with Gasteiger partial charge in [-0.2, -0.15) is 0 Å². The van der Waals surface area contributed by atoms with Gasteiger partial charge in [0.15, 0.2) is 0 Å². The minimum atomic E-state index is 0.516. The lowest BCUT2D eigenvalue weighted by Crippen LogP contribution is -2.64. The Morgan fingerprint density at radius 3 is 2.56 bits per heavy atom. The van der Waals surface area contributed by atoms with Crippen molar-refractivity contribution < 1.29 is 4.74 Å². The Balaban J connectivity index is 1.59. The van der Waals surface area contributed by atoms with Crippen LogP contribution in [0.2, 0.25) is 0 Å². The molecule has 4 atom stereocenters. The van der Waals surface area contributed by atoms with Crippen molar-refractivity contribution in [1.82, 2.24) is 5.32 Å². The molecule has 0 aromatic carbocycles. The van der Waals surface area contributed by atoms with Crippen LogP contribution >= 0.6 is 0 Å². The van der Waals surface area contributed by atoms with Crippen molar-refractivity contribution in [2.24, 2.45) is 11.3 Å². The Hall–Kier alpha value is -0.0800. The summed E-state index contributed by atoms with van der Waals surface area (Å²) < 4.78 is 5.99. The van der Waals surface area contributed by atoms with E-state index < -0.39 is 0 Å². The lowest BCUT2D eigenvalue weighted by atomic mass is 9.60. The lowest BCUT2D eigenvalue weighted by molar-refractivity contribution is -0.132. The minimum absolute atomic E-state index is 0.516. The summed E-state index contributed by atoms with van der Waals surface area (Å²) in [5.41, 5.74) is 0.516. The maximum absolute atomic E-state index is 5.99. The first-order valence-corrected chi connectivity index (χ1v) is 8.12. The second-order valence-corrected chi connectivity index (χ2v) is 6.95. The van der Waals surface area contributed by atoms with E-state index in [9.17, 15) is 0 Å². The zero-order chi connectivity index (χ0) is 12.6. The van der Waals surface area contributed by atoms with E-state index in [-0.39, 0.29) is 0 Å². The third kappa shape index (κ3) is 2.12. The van der Waals surface area contributed by atoms with Crippen LogP contribution < -0.4 is 5.32 Å². The maximum Gasteiger partial charge on any atom is 0.0661 e. The smallest absolute Gasteiger partial charge is 0.0661 e. The van der Waals surface area contributed by atoms with E-state index in [1.807, 2.05) is 0 Å². The highest BCUT2D eigenvalue weighted by molar-refractivity contribution is 5.10. The largest absolute Gasteiger partial charge is 0.378 e. The highest BCUT2D eigenvalue weighted by Gasteiger charge is 2.56. The number of nitrogens with one attached hydrogen (secondary N) is 1. The van der Waals surface area contributed by atoms with Crippen molar-refractivity contribution in [2.45, 2.75) is 83.4 Å². The Labute approximate surface area is 112 Å². The van der Waals surface area contributed by atoms with E-state index in [0.717, 1.165) is 24.6 Å². The Morgan fingerprint density at radius 1 is 1.17 bits per heavy atom. The molecule has 0 aliphatic heterocycles. The van der Waals surface area contributed by atoms with E-state index in [4.69, 9.17) is 4.74 Å². The van der Waals surface area contributed by atoms with Crippen LogP contribution in [-0.2, 0) is 4.74 Å². The first-order valence-electron chi connectivity index (χ1n) is 8.12. The zero-order valence-electron chi connectivity index (χ0n) is 12.1. The molecule has 0 saturated heterocycles. The van der Waals surface area contributed by atoms with Gasteiger partial charge >= 0.3 is 0 Å². The number of hydrogen-bond donors (Lipinski definition) is 1. The molecule has 3 aliphatic carbocycles. The minimum Gasteiger partial charge on any atom is -0.378 e. The standard InChI is InChI=1S/C16H29NO/c1-3-18-15-11-14(16(15)8-4-5-9-16)17-13-7-6-12(2)10-13/h12-15,17H,3-11H2,1-2H3. The molecule has 3 fully saturated rings. The summed E-state index contributed by atoms with van der Waals surface area (Å²) >= 11 is 0. The van der Waals surface area contributed by atoms with Gasteiger partial charge in [0, 0.05) is 24.1 Å². The van der Waals surface area contributed by atoms with Gasteiger partial charge in [-0.25, -0.2) is 0 Å². The van der Waals surface area contributed by atoms with Crippen LogP contribution in [0.5, 0.6) is 0 Å². The fourth-order valence-electron chi connectivity index (χ4n) is 4.76. The van der Waals surface area contributed by atoms with Crippen LogP contribution in [0.1, 0.15) is 65.2 Å². The molecule has 2 heteroatoms. The van der Waals surface area contributed by atoms with E-state index in [1.54, 1.807) is 0 Å². The number of ether oxygens (including phenoxy) is 1. The van der Waals surface area contributed by atoms with Crippen LogP contribution in [-0.4, -0.2) is 24.8 Å². The quantitative estimate of drug-likeness (QED) is 0.825. The molecular formula is C16H29NO. The summed E-state index contributed by atoms with van der Waals surface area (Å²) in [4.78, 5) is 0. The summed E-state index contributed by atoms with van der Waals surface area (Å²) in [6, 6.07) is 1.55. The predicted octanol–water partition coefficient (Wildman–Crippen LogP) is 3.50. The van der Waals surface area contributed by atoms with Crippen LogP contribution in [0.15, 0.2) is 0 Å². The van der Waals surface area contributed by atoms with Crippen LogP contribution in [0.25, 0.3) is 0 Å². The number of rotatable bonds is 4. The third-order valence-corrected chi connectivity index (χ3v) is 5.82. The molecule has 1 spiro atoms. The molecule has 0 aromatic rings. The van der Waals surface area contributed by atoms with Gasteiger partial charge in [0.25, 0.3) is 0 Å². The van der Waals surface area contributed by atoms with E-state index in [2.05, 4.69) is 19.2 Å². The Bertz CT molecular complexity index is 285. The SMILES string of the molecule is CCOC1CC(NC2CCC(C)C2)C12CCCC2. The van der Waals surface area contributed by atoms with Crippen LogP contribution in [0.4, 0.5) is 0 Å². The molecule has 0 amide bonds. The van der Waals surface area contributed by atoms with E-state index in [0.29, 0.717) is 11.5 Å². The summed E-state index contributed by atoms with van der Waals surface area (Å²) in [6.07, 6.45) is 11.7. The molecule has 3 rings (SSSR count). The average Bonchev–Trinajstić information content (AvgIpc) is 2.98. The first-order chi connectivity index (χ1) is 8.74. The molecule has 0 bridgehead atoms. The highest BCUT2D eigenvalue weighted by atomic mass is 16.5. The van der Waals surface area contributed by atoms with Crippen molar-refractivity contribution in [3.63, 3.8) is 0 Å². The molecule has 18 heavy (non-hydrogen) atoms.